The van der Waals surface area contributed by atoms with Crippen LogP contribution in [0, 0.1) is 17.5 Å². The lowest BCUT2D eigenvalue weighted by molar-refractivity contribution is -0.0328. The zero-order valence-electron chi connectivity index (χ0n) is 15.9. The molecule has 0 N–H and O–H groups in total. The van der Waals surface area contributed by atoms with Gasteiger partial charge in [-0.05, 0) is 53.4 Å². The maximum atomic E-state index is 14.0. The van der Waals surface area contributed by atoms with E-state index in [-0.39, 0.29) is 34.0 Å². The summed E-state index contributed by atoms with van der Waals surface area (Å²) < 4.78 is 78.5. The van der Waals surface area contributed by atoms with E-state index < -0.39 is 23.0 Å². The van der Waals surface area contributed by atoms with Crippen LogP contribution < -0.4 is 0 Å². The number of alkyl halides is 3. The number of aliphatic imine (C=N–C) groups is 1. The monoisotopic (exact) mass is 451 g/mol. The highest BCUT2D eigenvalue weighted by Crippen LogP contribution is 2.38. The molecule has 4 rings (SSSR count). The van der Waals surface area contributed by atoms with Crippen LogP contribution in [0.2, 0.25) is 0 Å². The van der Waals surface area contributed by atoms with E-state index in [1.54, 1.807) is 12.1 Å². The number of hydrogen-bond acceptors (Lipinski definition) is 2. The van der Waals surface area contributed by atoms with Crippen molar-refractivity contribution in [2.45, 2.75) is 29.3 Å². The van der Waals surface area contributed by atoms with Crippen molar-refractivity contribution < 1.29 is 26.3 Å². The third-order valence-electron chi connectivity index (χ3n) is 4.98. The molecule has 0 saturated heterocycles. The van der Waals surface area contributed by atoms with Crippen molar-refractivity contribution >= 4 is 17.5 Å². The molecule has 8 heteroatoms. The van der Waals surface area contributed by atoms with Crippen LogP contribution in [0.3, 0.4) is 0 Å². The minimum atomic E-state index is -4.33. The number of nitrogens with zero attached hydrogens (tertiary/aromatic N) is 1. The summed E-state index contributed by atoms with van der Waals surface area (Å²) in [5, 5.41) is 0. The highest BCUT2D eigenvalue weighted by Gasteiger charge is 2.29. The molecule has 1 heterocycles. The third kappa shape index (κ3) is 4.95. The summed E-state index contributed by atoms with van der Waals surface area (Å²) in [7, 11) is 0. The number of benzene rings is 3. The van der Waals surface area contributed by atoms with Crippen molar-refractivity contribution in [1.29, 1.82) is 0 Å². The molecule has 0 fully saturated rings. The molecule has 31 heavy (non-hydrogen) atoms. The van der Waals surface area contributed by atoms with Gasteiger partial charge >= 0.3 is 5.51 Å². The van der Waals surface area contributed by atoms with Gasteiger partial charge in [-0.25, -0.2) is 13.2 Å². The molecule has 0 spiro atoms. The van der Waals surface area contributed by atoms with Crippen LogP contribution in [0.15, 0.2) is 70.6 Å². The molecule has 3 aromatic rings. The lowest BCUT2D eigenvalue weighted by Gasteiger charge is -2.10. The standard InChI is InChI=1S/C23H15F6NS/c24-16-11-18(25)22(19(26)12-16)21-10-9-20(30-21)15-3-1-13(2-4-15)14-5-7-17(8-6-14)31-23(27,28)29/h1-8,11-12,20H,9-10H2. The van der Waals surface area contributed by atoms with Gasteiger partial charge in [0.15, 0.2) is 0 Å². The van der Waals surface area contributed by atoms with Crippen LogP contribution >= 0.6 is 11.8 Å². The Morgan fingerprint density at radius 1 is 0.806 bits per heavy atom. The Hall–Kier alpha value is -2.74. The molecular weight excluding hydrogens is 436 g/mol. The van der Waals surface area contributed by atoms with Gasteiger partial charge in [0, 0.05) is 22.7 Å². The summed E-state index contributed by atoms with van der Waals surface area (Å²) in [4.78, 5) is 4.54. The van der Waals surface area contributed by atoms with Crippen LogP contribution in [0.5, 0.6) is 0 Å². The number of halogens is 6. The maximum absolute atomic E-state index is 14.0. The summed E-state index contributed by atoms with van der Waals surface area (Å²) in [6.07, 6.45) is 0.929. The Labute approximate surface area is 178 Å². The average molecular weight is 451 g/mol. The van der Waals surface area contributed by atoms with Crippen LogP contribution in [0.1, 0.15) is 30.0 Å². The van der Waals surface area contributed by atoms with Crippen molar-refractivity contribution in [3.05, 3.63) is 89.2 Å². The highest BCUT2D eigenvalue weighted by atomic mass is 32.2. The lowest BCUT2D eigenvalue weighted by atomic mass is 9.99. The first kappa shape index (κ1) is 21.5. The van der Waals surface area contributed by atoms with Gasteiger partial charge in [0.25, 0.3) is 0 Å². The molecule has 0 saturated carbocycles. The second kappa shape index (κ2) is 8.42. The van der Waals surface area contributed by atoms with E-state index in [2.05, 4.69) is 4.99 Å². The average Bonchev–Trinajstić information content (AvgIpc) is 3.16. The van der Waals surface area contributed by atoms with E-state index in [4.69, 9.17) is 0 Å². The summed E-state index contributed by atoms with van der Waals surface area (Å²) in [6, 6.07) is 14.4. The zero-order chi connectivity index (χ0) is 22.2. The fraction of sp³-hybridized carbons (Fsp3) is 0.174. The molecule has 1 aliphatic heterocycles. The van der Waals surface area contributed by atoms with Crippen LogP contribution in [-0.2, 0) is 0 Å². The lowest BCUT2D eigenvalue weighted by Crippen LogP contribution is -2.05. The summed E-state index contributed by atoms with van der Waals surface area (Å²) in [6.45, 7) is 0. The van der Waals surface area contributed by atoms with Gasteiger partial charge in [-0.3, -0.25) is 4.99 Å². The Bertz CT molecular complexity index is 1100. The van der Waals surface area contributed by atoms with Gasteiger partial charge in [0.2, 0.25) is 0 Å². The molecule has 1 atom stereocenters. The van der Waals surface area contributed by atoms with Crippen molar-refractivity contribution in [2.24, 2.45) is 4.99 Å². The first-order chi connectivity index (χ1) is 14.7. The first-order valence-electron chi connectivity index (χ1n) is 9.37. The normalized spacial score (nSPS) is 16.5. The summed E-state index contributed by atoms with van der Waals surface area (Å²) in [5.41, 5.74) is -1.91. The Kier molecular flexibility index (Phi) is 5.83. The minimum Gasteiger partial charge on any atom is -0.281 e. The summed E-state index contributed by atoms with van der Waals surface area (Å²) in [5.74, 6) is -2.92. The van der Waals surface area contributed by atoms with Gasteiger partial charge < -0.3 is 0 Å². The first-order valence-corrected chi connectivity index (χ1v) is 10.2. The molecule has 160 valence electrons. The fourth-order valence-electron chi connectivity index (χ4n) is 3.59. The second-order valence-electron chi connectivity index (χ2n) is 7.07. The molecule has 1 nitrogen and oxygen atoms in total. The topological polar surface area (TPSA) is 12.4 Å². The van der Waals surface area contributed by atoms with E-state index >= 15 is 0 Å². The quantitative estimate of drug-likeness (QED) is 0.292. The zero-order valence-corrected chi connectivity index (χ0v) is 16.7. The predicted octanol–water partition coefficient (Wildman–Crippen LogP) is 7.71. The SMILES string of the molecule is Fc1cc(F)c(C2=NC(c3ccc(-c4ccc(SC(F)(F)F)cc4)cc3)CC2)c(F)c1. The van der Waals surface area contributed by atoms with Gasteiger partial charge in [0.1, 0.15) is 17.5 Å². The number of rotatable bonds is 4. The maximum Gasteiger partial charge on any atom is 0.446 e. The van der Waals surface area contributed by atoms with Gasteiger partial charge in [-0.15, -0.1) is 0 Å². The van der Waals surface area contributed by atoms with Gasteiger partial charge in [0.05, 0.1) is 11.6 Å². The second-order valence-corrected chi connectivity index (χ2v) is 8.21. The van der Waals surface area contributed by atoms with E-state index in [0.29, 0.717) is 25.0 Å². The third-order valence-corrected chi connectivity index (χ3v) is 5.72. The number of hydrogen-bond donors (Lipinski definition) is 0. The highest BCUT2D eigenvalue weighted by molar-refractivity contribution is 8.00. The molecule has 0 amide bonds. The smallest absolute Gasteiger partial charge is 0.281 e. The van der Waals surface area contributed by atoms with E-state index in [0.717, 1.165) is 16.7 Å². The fourth-order valence-corrected chi connectivity index (χ4v) is 4.13. The van der Waals surface area contributed by atoms with Gasteiger partial charge in [-0.2, -0.15) is 13.2 Å². The van der Waals surface area contributed by atoms with Crippen molar-refractivity contribution in [3.63, 3.8) is 0 Å². The van der Waals surface area contributed by atoms with Crippen LogP contribution in [0.25, 0.3) is 11.1 Å². The Morgan fingerprint density at radius 3 is 1.90 bits per heavy atom. The Morgan fingerprint density at radius 2 is 1.35 bits per heavy atom. The van der Waals surface area contributed by atoms with E-state index in [1.807, 2.05) is 24.3 Å². The molecule has 1 aliphatic rings. The Balaban J connectivity index is 1.51. The van der Waals surface area contributed by atoms with Crippen LogP contribution in [0.4, 0.5) is 26.3 Å². The van der Waals surface area contributed by atoms with Crippen molar-refractivity contribution in [3.8, 4) is 11.1 Å². The van der Waals surface area contributed by atoms with E-state index in [1.165, 1.54) is 12.1 Å². The van der Waals surface area contributed by atoms with Crippen molar-refractivity contribution in [2.75, 3.05) is 0 Å². The molecule has 0 bridgehead atoms. The molecule has 1 unspecified atom stereocenters. The molecule has 0 radical (unpaired) electrons. The molecule has 0 aromatic heterocycles. The number of thioether (sulfide) groups is 1. The largest absolute Gasteiger partial charge is 0.446 e. The summed E-state index contributed by atoms with van der Waals surface area (Å²) >= 11 is -0.164. The predicted molar refractivity (Wildman–Crippen MR) is 109 cm³/mol. The molecule has 3 aromatic carbocycles. The van der Waals surface area contributed by atoms with Crippen molar-refractivity contribution in [1.82, 2.24) is 0 Å². The van der Waals surface area contributed by atoms with Crippen LogP contribution in [-0.4, -0.2) is 11.2 Å². The molecule has 0 aliphatic carbocycles. The minimum absolute atomic E-state index is 0.112. The van der Waals surface area contributed by atoms with Gasteiger partial charge in [-0.1, -0.05) is 36.4 Å². The van der Waals surface area contributed by atoms with E-state index in [9.17, 15) is 26.3 Å². The molecular formula is C23H15F6NS.